The van der Waals surface area contributed by atoms with Crippen LogP contribution in [0.4, 0.5) is 0 Å². The van der Waals surface area contributed by atoms with Crippen molar-refractivity contribution in [1.82, 2.24) is 20.2 Å². The summed E-state index contributed by atoms with van der Waals surface area (Å²) < 4.78 is 7.18. The standard InChI is InChI=1S/C21H23N5O2S/c1-4-26-20(17-10-12-18(28-3)13-11-17)24-25-21(26)29-14-19(27)23-22-15(2)16-8-6-5-7-9-16/h5-13H,4,14H2,1-3H3,(H,23,27)/b22-15-. The molecule has 29 heavy (non-hydrogen) atoms. The Kier molecular flexibility index (Phi) is 7.02. The van der Waals surface area contributed by atoms with Crippen LogP contribution in [0.15, 0.2) is 64.9 Å². The zero-order chi connectivity index (χ0) is 20.6. The summed E-state index contributed by atoms with van der Waals surface area (Å²) in [4.78, 5) is 12.2. The average molecular weight is 410 g/mol. The molecule has 0 atom stereocenters. The highest BCUT2D eigenvalue weighted by Gasteiger charge is 2.14. The molecular formula is C21H23N5O2S. The number of hydrazone groups is 1. The molecule has 8 heteroatoms. The number of hydrogen-bond donors (Lipinski definition) is 1. The van der Waals surface area contributed by atoms with Gasteiger partial charge in [-0.2, -0.15) is 5.10 Å². The second kappa shape index (κ2) is 9.88. The first kappa shape index (κ1) is 20.6. The van der Waals surface area contributed by atoms with Crippen molar-refractivity contribution in [3.8, 4) is 17.1 Å². The van der Waals surface area contributed by atoms with E-state index in [1.54, 1.807) is 7.11 Å². The molecule has 0 saturated carbocycles. The van der Waals surface area contributed by atoms with Crippen LogP contribution in [-0.2, 0) is 11.3 Å². The van der Waals surface area contributed by atoms with Crippen molar-refractivity contribution in [2.24, 2.45) is 5.10 Å². The molecule has 0 aliphatic rings. The predicted octanol–water partition coefficient (Wildman–Crippen LogP) is 3.61. The number of methoxy groups -OCH3 is 1. The molecule has 7 nitrogen and oxygen atoms in total. The van der Waals surface area contributed by atoms with Gasteiger partial charge >= 0.3 is 0 Å². The molecule has 0 bridgehead atoms. The Morgan fingerprint density at radius 3 is 2.52 bits per heavy atom. The molecule has 0 aliphatic carbocycles. The fraction of sp³-hybridized carbons (Fsp3) is 0.238. The minimum absolute atomic E-state index is 0.193. The molecule has 0 saturated heterocycles. The largest absolute Gasteiger partial charge is 0.497 e. The number of carbonyl (C=O) groups excluding carboxylic acids is 1. The van der Waals surface area contributed by atoms with Crippen LogP contribution < -0.4 is 10.2 Å². The fourth-order valence-corrected chi connectivity index (χ4v) is 3.48. The first-order chi connectivity index (χ1) is 14.1. The Morgan fingerprint density at radius 1 is 1.14 bits per heavy atom. The molecule has 0 radical (unpaired) electrons. The maximum Gasteiger partial charge on any atom is 0.250 e. The summed E-state index contributed by atoms with van der Waals surface area (Å²) in [6, 6.07) is 17.4. The van der Waals surface area contributed by atoms with E-state index >= 15 is 0 Å². The maximum atomic E-state index is 12.2. The molecule has 1 N–H and O–H groups in total. The van der Waals surface area contributed by atoms with Crippen LogP contribution in [0, 0.1) is 0 Å². The van der Waals surface area contributed by atoms with Crippen molar-refractivity contribution in [3.63, 3.8) is 0 Å². The van der Waals surface area contributed by atoms with Gasteiger partial charge in [0.05, 0.1) is 18.6 Å². The van der Waals surface area contributed by atoms with Crippen molar-refractivity contribution >= 4 is 23.4 Å². The molecule has 3 aromatic rings. The van der Waals surface area contributed by atoms with Gasteiger partial charge in [-0.05, 0) is 43.7 Å². The maximum absolute atomic E-state index is 12.2. The molecule has 0 unspecified atom stereocenters. The number of aromatic nitrogens is 3. The van der Waals surface area contributed by atoms with E-state index in [-0.39, 0.29) is 11.7 Å². The third kappa shape index (κ3) is 5.23. The SMILES string of the molecule is CCn1c(SCC(=O)N/N=C(/C)c2ccccc2)nnc1-c1ccc(OC)cc1. The molecule has 1 aromatic heterocycles. The molecule has 150 valence electrons. The zero-order valence-electron chi connectivity index (χ0n) is 16.6. The van der Waals surface area contributed by atoms with E-state index < -0.39 is 0 Å². The summed E-state index contributed by atoms with van der Waals surface area (Å²) in [6.07, 6.45) is 0. The first-order valence-electron chi connectivity index (χ1n) is 9.21. The van der Waals surface area contributed by atoms with Crippen LogP contribution in [0.3, 0.4) is 0 Å². The minimum atomic E-state index is -0.193. The normalized spacial score (nSPS) is 11.3. The lowest BCUT2D eigenvalue weighted by Crippen LogP contribution is -2.21. The van der Waals surface area contributed by atoms with Crippen molar-refractivity contribution in [1.29, 1.82) is 0 Å². The van der Waals surface area contributed by atoms with Gasteiger partial charge in [0.25, 0.3) is 5.91 Å². The number of carbonyl (C=O) groups is 1. The van der Waals surface area contributed by atoms with Gasteiger partial charge in [-0.25, -0.2) is 5.43 Å². The molecule has 1 heterocycles. The van der Waals surface area contributed by atoms with Gasteiger partial charge in [-0.15, -0.1) is 10.2 Å². The highest BCUT2D eigenvalue weighted by Crippen LogP contribution is 2.25. The number of rotatable bonds is 8. The minimum Gasteiger partial charge on any atom is -0.497 e. The van der Waals surface area contributed by atoms with E-state index in [1.165, 1.54) is 11.8 Å². The summed E-state index contributed by atoms with van der Waals surface area (Å²) >= 11 is 1.33. The van der Waals surface area contributed by atoms with Gasteiger partial charge in [0.2, 0.25) is 0 Å². The van der Waals surface area contributed by atoms with Crippen LogP contribution in [-0.4, -0.2) is 39.2 Å². The summed E-state index contributed by atoms with van der Waals surface area (Å²) in [5, 5.41) is 13.4. The van der Waals surface area contributed by atoms with Crippen LogP contribution in [0.5, 0.6) is 5.75 Å². The van der Waals surface area contributed by atoms with E-state index in [2.05, 4.69) is 20.7 Å². The topological polar surface area (TPSA) is 81.4 Å². The number of nitrogens with one attached hydrogen (secondary N) is 1. The highest BCUT2D eigenvalue weighted by atomic mass is 32.2. The molecular weight excluding hydrogens is 386 g/mol. The van der Waals surface area contributed by atoms with Gasteiger partial charge in [-0.3, -0.25) is 4.79 Å². The van der Waals surface area contributed by atoms with E-state index in [9.17, 15) is 4.79 Å². The fourth-order valence-electron chi connectivity index (χ4n) is 2.69. The van der Waals surface area contributed by atoms with Crippen LogP contribution in [0.25, 0.3) is 11.4 Å². The molecule has 0 spiro atoms. The third-order valence-electron chi connectivity index (χ3n) is 4.25. The molecule has 1 amide bonds. The summed E-state index contributed by atoms with van der Waals surface area (Å²) in [6.45, 7) is 4.58. The molecule has 2 aromatic carbocycles. The number of ether oxygens (including phenoxy) is 1. The Hall–Kier alpha value is -3.13. The Balaban J connectivity index is 1.63. The number of nitrogens with zero attached hydrogens (tertiary/aromatic N) is 4. The monoisotopic (exact) mass is 409 g/mol. The molecule has 3 rings (SSSR count). The smallest absolute Gasteiger partial charge is 0.250 e. The van der Waals surface area contributed by atoms with Crippen molar-refractivity contribution in [2.45, 2.75) is 25.5 Å². The average Bonchev–Trinajstić information content (AvgIpc) is 3.19. The van der Waals surface area contributed by atoms with Crippen LogP contribution >= 0.6 is 11.8 Å². The Labute approximate surface area is 174 Å². The van der Waals surface area contributed by atoms with Crippen molar-refractivity contribution < 1.29 is 9.53 Å². The second-order valence-electron chi connectivity index (χ2n) is 6.17. The number of amides is 1. The molecule has 0 fully saturated rings. The summed E-state index contributed by atoms with van der Waals surface area (Å²) in [5.41, 5.74) is 5.26. The number of thioether (sulfide) groups is 1. The predicted molar refractivity (Wildman–Crippen MR) is 115 cm³/mol. The number of hydrogen-bond acceptors (Lipinski definition) is 6. The van der Waals surface area contributed by atoms with E-state index in [1.807, 2.05) is 73.0 Å². The van der Waals surface area contributed by atoms with Crippen molar-refractivity contribution in [2.75, 3.05) is 12.9 Å². The van der Waals surface area contributed by atoms with Gasteiger partial charge in [0.1, 0.15) is 5.75 Å². The van der Waals surface area contributed by atoms with E-state index in [0.29, 0.717) is 11.7 Å². The zero-order valence-corrected chi connectivity index (χ0v) is 17.4. The van der Waals surface area contributed by atoms with Crippen LogP contribution in [0.1, 0.15) is 19.4 Å². The highest BCUT2D eigenvalue weighted by molar-refractivity contribution is 7.99. The Bertz CT molecular complexity index is 984. The summed E-state index contributed by atoms with van der Waals surface area (Å²) in [5.74, 6) is 1.55. The lowest BCUT2D eigenvalue weighted by atomic mass is 10.1. The van der Waals surface area contributed by atoms with Gasteiger partial charge in [0.15, 0.2) is 11.0 Å². The van der Waals surface area contributed by atoms with Gasteiger partial charge in [0, 0.05) is 12.1 Å². The summed E-state index contributed by atoms with van der Waals surface area (Å²) in [7, 11) is 1.63. The van der Waals surface area contributed by atoms with Gasteiger partial charge < -0.3 is 9.30 Å². The van der Waals surface area contributed by atoms with E-state index in [0.717, 1.165) is 28.4 Å². The van der Waals surface area contributed by atoms with Gasteiger partial charge in [-0.1, -0.05) is 42.1 Å². The first-order valence-corrected chi connectivity index (χ1v) is 10.2. The van der Waals surface area contributed by atoms with Crippen LogP contribution in [0.2, 0.25) is 0 Å². The lowest BCUT2D eigenvalue weighted by Gasteiger charge is -2.08. The van der Waals surface area contributed by atoms with E-state index in [4.69, 9.17) is 4.74 Å². The second-order valence-corrected chi connectivity index (χ2v) is 7.11. The van der Waals surface area contributed by atoms with Crippen molar-refractivity contribution in [3.05, 3.63) is 60.2 Å². The lowest BCUT2D eigenvalue weighted by molar-refractivity contribution is -0.118. The quantitative estimate of drug-likeness (QED) is 0.349. The Morgan fingerprint density at radius 2 is 1.86 bits per heavy atom. The number of benzene rings is 2. The molecule has 0 aliphatic heterocycles. The third-order valence-corrected chi connectivity index (χ3v) is 5.22.